The van der Waals surface area contributed by atoms with E-state index in [0.29, 0.717) is 40.1 Å². The molecule has 1 atom stereocenters. The number of aliphatic hydroxyl groups excluding tert-OH is 1. The molecule has 0 aliphatic carbocycles. The number of Topliss-reactive ketones (excluding diaryl/α,β-unsaturated/α-hetero) is 1. The van der Waals surface area contributed by atoms with E-state index in [-0.39, 0.29) is 11.3 Å². The number of nitrogens with zero attached hydrogens (tertiary/aromatic N) is 2. The number of carbonyl (C=O) groups is 2. The van der Waals surface area contributed by atoms with E-state index in [9.17, 15) is 14.7 Å². The van der Waals surface area contributed by atoms with Crippen LogP contribution in [-0.4, -0.2) is 42.6 Å². The maximum Gasteiger partial charge on any atom is 0.301 e. The fraction of sp³-hybridized carbons (Fsp3) is 0.303. The van der Waals surface area contributed by atoms with Crippen molar-refractivity contribution in [1.29, 1.82) is 0 Å². The molecule has 9 heteroatoms. The van der Waals surface area contributed by atoms with Gasteiger partial charge in [-0.25, -0.2) is 4.98 Å². The number of thiazole rings is 1. The Labute approximate surface area is 249 Å². The molecular formula is C33H34N2O6S. The molecule has 0 bridgehead atoms. The number of ketones is 1. The van der Waals surface area contributed by atoms with Gasteiger partial charge in [0.25, 0.3) is 5.78 Å². The Morgan fingerprint density at radius 3 is 2.55 bits per heavy atom. The zero-order valence-electron chi connectivity index (χ0n) is 24.4. The summed E-state index contributed by atoms with van der Waals surface area (Å²) >= 11 is 1.33. The first-order valence-corrected chi connectivity index (χ1v) is 14.7. The molecule has 2 heterocycles. The maximum absolute atomic E-state index is 13.7. The molecule has 1 saturated heterocycles. The number of fused-ring (bicyclic) bond motifs is 1. The summed E-state index contributed by atoms with van der Waals surface area (Å²) in [6.45, 7) is 6.65. The van der Waals surface area contributed by atoms with Crippen molar-refractivity contribution in [2.45, 2.75) is 46.1 Å². The van der Waals surface area contributed by atoms with Gasteiger partial charge in [-0.05, 0) is 67.3 Å². The number of anilines is 1. The lowest BCUT2D eigenvalue weighted by Gasteiger charge is -2.24. The number of aliphatic hydroxyl groups is 1. The third kappa shape index (κ3) is 5.44. The highest BCUT2D eigenvalue weighted by atomic mass is 32.1. The average Bonchev–Trinajstić information content (AvgIpc) is 3.53. The second-order valence-corrected chi connectivity index (χ2v) is 11.3. The van der Waals surface area contributed by atoms with Crippen LogP contribution in [0.4, 0.5) is 5.13 Å². The zero-order chi connectivity index (χ0) is 30.0. The molecule has 8 nitrogen and oxygen atoms in total. The summed E-state index contributed by atoms with van der Waals surface area (Å²) < 4.78 is 17.9. The zero-order valence-corrected chi connectivity index (χ0v) is 25.2. The highest BCUT2D eigenvalue weighted by molar-refractivity contribution is 7.22. The Morgan fingerprint density at radius 2 is 1.81 bits per heavy atom. The van der Waals surface area contributed by atoms with E-state index in [1.54, 1.807) is 49.6 Å². The first kappa shape index (κ1) is 29.1. The largest absolute Gasteiger partial charge is 0.507 e. The summed E-state index contributed by atoms with van der Waals surface area (Å²) in [7, 11) is 3.07. The number of benzene rings is 3. The van der Waals surface area contributed by atoms with Gasteiger partial charge in [0.2, 0.25) is 0 Å². The Kier molecular flexibility index (Phi) is 8.49. The van der Waals surface area contributed by atoms with Crippen LogP contribution in [0, 0.1) is 13.8 Å². The van der Waals surface area contributed by atoms with Gasteiger partial charge in [0, 0.05) is 5.56 Å². The van der Waals surface area contributed by atoms with Crippen LogP contribution in [0.1, 0.15) is 54.5 Å². The Morgan fingerprint density at radius 1 is 1.00 bits per heavy atom. The van der Waals surface area contributed by atoms with Crippen LogP contribution in [0.25, 0.3) is 16.0 Å². The molecule has 1 fully saturated rings. The molecule has 42 heavy (non-hydrogen) atoms. The van der Waals surface area contributed by atoms with E-state index < -0.39 is 17.7 Å². The third-order valence-corrected chi connectivity index (χ3v) is 8.32. The minimum Gasteiger partial charge on any atom is -0.507 e. The standard InChI is InChI=1S/C33H34N2O6S/c1-6-7-8-14-41-24-13-12-21(18-25(24)40-5)29-27(30(36)22-10-9-11-23(17-22)39-4)31(37)32(38)35(29)33-34-28-20(3)15-19(2)16-26(28)42-33/h9-13,15-18,29,36H,6-8,14H2,1-5H3/b30-27+. The summed E-state index contributed by atoms with van der Waals surface area (Å²) in [5.41, 5.74) is 3.70. The van der Waals surface area contributed by atoms with Crippen molar-refractivity contribution >= 4 is 44.1 Å². The predicted octanol–water partition coefficient (Wildman–Crippen LogP) is 7.13. The number of aryl methyl sites for hydroxylation is 2. The number of unbranched alkanes of at least 4 members (excludes halogenated alkanes) is 2. The van der Waals surface area contributed by atoms with Gasteiger partial charge in [-0.2, -0.15) is 0 Å². The van der Waals surface area contributed by atoms with E-state index in [1.165, 1.54) is 23.3 Å². The average molecular weight is 587 g/mol. The van der Waals surface area contributed by atoms with Crippen molar-refractivity contribution in [1.82, 2.24) is 4.98 Å². The highest BCUT2D eigenvalue weighted by Gasteiger charge is 2.48. The van der Waals surface area contributed by atoms with Crippen LogP contribution in [0.2, 0.25) is 0 Å². The van der Waals surface area contributed by atoms with Gasteiger partial charge in [-0.15, -0.1) is 0 Å². The van der Waals surface area contributed by atoms with Crippen LogP contribution in [0.5, 0.6) is 17.2 Å². The monoisotopic (exact) mass is 586 g/mol. The number of amides is 1. The smallest absolute Gasteiger partial charge is 0.301 e. The number of methoxy groups -OCH3 is 2. The molecule has 1 aromatic heterocycles. The SMILES string of the molecule is CCCCCOc1ccc(C2/C(=C(\O)c3cccc(OC)c3)C(=O)C(=O)N2c2nc3c(C)cc(C)cc3s2)cc1OC. The fourth-order valence-electron chi connectivity index (χ4n) is 5.24. The Bertz CT molecular complexity index is 1690. The molecule has 1 amide bonds. The van der Waals surface area contributed by atoms with Gasteiger partial charge in [0.05, 0.1) is 42.7 Å². The number of carbonyl (C=O) groups excluding carboxylic acids is 2. The van der Waals surface area contributed by atoms with Crippen LogP contribution >= 0.6 is 11.3 Å². The summed E-state index contributed by atoms with van der Waals surface area (Å²) in [5.74, 6) is -0.331. The van der Waals surface area contributed by atoms with Crippen LogP contribution in [0.3, 0.4) is 0 Å². The lowest BCUT2D eigenvalue weighted by Crippen LogP contribution is -2.29. The van der Waals surface area contributed by atoms with Gasteiger partial charge in [-0.3, -0.25) is 14.5 Å². The first-order valence-electron chi connectivity index (χ1n) is 13.9. The molecule has 0 spiro atoms. The lowest BCUT2D eigenvalue weighted by molar-refractivity contribution is -0.132. The van der Waals surface area contributed by atoms with Gasteiger partial charge < -0.3 is 19.3 Å². The normalized spacial score (nSPS) is 16.3. The fourth-order valence-corrected chi connectivity index (χ4v) is 6.41. The number of hydrogen-bond acceptors (Lipinski definition) is 8. The van der Waals surface area contributed by atoms with Crippen molar-refractivity contribution in [3.05, 3.63) is 82.4 Å². The third-order valence-electron chi connectivity index (χ3n) is 7.32. The van der Waals surface area contributed by atoms with Gasteiger partial charge in [0.1, 0.15) is 11.5 Å². The molecule has 1 N–H and O–H groups in total. The van der Waals surface area contributed by atoms with Crippen LogP contribution < -0.4 is 19.1 Å². The molecule has 0 saturated carbocycles. The summed E-state index contributed by atoms with van der Waals surface area (Å²) in [6.07, 6.45) is 3.05. The van der Waals surface area contributed by atoms with Crippen molar-refractivity contribution in [3.63, 3.8) is 0 Å². The number of hydrogen-bond donors (Lipinski definition) is 1. The van der Waals surface area contributed by atoms with Crippen LogP contribution in [0.15, 0.2) is 60.2 Å². The molecule has 218 valence electrons. The Balaban J connectivity index is 1.68. The lowest BCUT2D eigenvalue weighted by atomic mass is 9.95. The van der Waals surface area contributed by atoms with Gasteiger partial charge in [0.15, 0.2) is 16.6 Å². The minimum atomic E-state index is -0.957. The number of aromatic nitrogens is 1. The highest BCUT2D eigenvalue weighted by Crippen LogP contribution is 2.46. The van der Waals surface area contributed by atoms with E-state index in [0.717, 1.165) is 40.6 Å². The van der Waals surface area contributed by atoms with Gasteiger partial charge in [-0.1, -0.05) is 55.4 Å². The van der Waals surface area contributed by atoms with E-state index in [1.807, 2.05) is 26.0 Å². The summed E-state index contributed by atoms with van der Waals surface area (Å²) in [4.78, 5) is 33.6. The quantitative estimate of drug-likeness (QED) is 0.0914. The molecule has 3 aromatic carbocycles. The van der Waals surface area contributed by atoms with Crippen molar-refractivity contribution in [3.8, 4) is 17.2 Å². The van der Waals surface area contributed by atoms with Crippen molar-refractivity contribution in [2.75, 3.05) is 25.7 Å². The number of rotatable bonds is 10. The van der Waals surface area contributed by atoms with Crippen LogP contribution in [-0.2, 0) is 9.59 Å². The second kappa shape index (κ2) is 12.2. The Hall–Kier alpha value is -4.37. The van der Waals surface area contributed by atoms with Crippen molar-refractivity contribution in [2.24, 2.45) is 0 Å². The van der Waals surface area contributed by atoms with Gasteiger partial charge >= 0.3 is 5.91 Å². The molecule has 1 aliphatic heterocycles. The molecule has 1 unspecified atom stereocenters. The maximum atomic E-state index is 13.7. The molecule has 5 rings (SSSR count). The van der Waals surface area contributed by atoms with E-state index in [4.69, 9.17) is 19.2 Å². The molecule has 0 radical (unpaired) electrons. The minimum absolute atomic E-state index is 0.0425. The number of ether oxygens (including phenoxy) is 3. The van der Waals surface area contributed by atoms with E-state index >= 15 is 0 Å². The van der Waals surface area contributed by atoms with E-state index in [2.05, 4.69) is 6.92 Å². The molecular weight excluding hydrogens is 552 g/mol. The molecule has 1 aliphatic rings. The summed E-state index contributed by atoms with van der Waals surface area (Å²) in [5, 5.41) is 11.9. The molecule has 4 aromatic rings. The first-order chi connectivity index (χ1) is 20.3. The predicted molar refractivity (Wildman–Crippen MR) is 165 cm³/mol. The second-order valence-electron chi connectivity index (χ2n) is 10.3. The summed E-state index contributed by atoms with van der Waals surface area (Å²) in [6, 6.07) is 15.1. The topological polar surface area (TPSA) is 98.2 Å². The van der Waals surface area contributed by atoms with Crippen molar-refractivity contribution < 1.29 is 28.9 Å².